The van der Waals surface area contributed by atoms with Gasteiger partial charge in [-0.15, -0.1) is 0 Å². The van der Waals surface area contributed by atoms with Crippen molar-refractivity contribution in [3.05, 3.63) is 11.9 Å². The van der Waals surface area contributed by atoms with Crippen LogP contribution in [0, 0.1) is 5.41 Å². The third-order valence-electron chi connectivity index (χ3n) is 5.53. The fraction of sp³-hybridized carbons (Fsp3) is 0.789. The van der Waals surface area contributed by atoms with E-state index in [1.165, 1.54) is 0 Å². The first kappa shape index (κ1) is 19.0. The van der Waals surface area contributed by atoms with Crippen LogP contribution in [0.2, 0.25) is 0 Å². The molecule has 1 spiro atoms. The van der Waals surface area contributed by atoms with Crippen LogP contribution in [-0.2, 0) is 10.3 Å². The zero-order valence-corrected chi connectivity index (χ0v) is 16.6. The number of amides is 1. The van der Waals surface area contributed by atoms with E-state index in [1.807, 2.05) is 36.5 Å². The number of aliphatic hydroxyl groups is 1. The number of hydrogen-bond donors (Lipinski definition) is 2. The minimum absolute atomic E-state index is 0.210. The van der Waals surface area contributed by atoms with Gasteiger partial charge in [-0.2, -0.15) is 5.10 Å². The number of nitrogens with two attached hydrogens (primary N) is 1. The van der Waals surface area contributed by atoms with Gasteiger partial charge in [-0.05, 0) is 65.7 Å². The highest BCUT2D eigenvalue weighted by molar-refractivity contribution is 5.68. The summed E-state index contributed by atoms with van der Waals surface area (Å²) < 4.78 is 7.38. The summed E-state index contributed by atoms with van der Waals surface area (Å²) in [5, 5.41) is 14.7. The molecule has 2 heterocycles. The lowest BCUT2D eigenvalue weighted by Crippen LogP contribution is -2.50. The van der Waals surface area contributed by atoms with Crippen molar-refractivity contribution >= 4 is 11.8 Å². The average molecular weight is 364 g/mol. The summed E-state index contributed by atoms with van der Waals surface area (Å²) in [6.45, 7) is 10.6. The molecule has 146 valence electrons. The first-order valence-corrected chi connectivity index (χ1v) is 9.44. The van der Waals surface area contributed by atoms with Crippen molar-refractivity contribution in [2.24, 2.45) is 5.41 Å². The lowest BCUT2D eigenvalue weighted by Gasteiger charge is -2.52. The van der Waals surface area contributed by atoms with E-state index in [-0.39, 0.29) is 6.09 Å². The van der Waals surface area contributed by atoms with Crippen molar-refractivity contribution < 1.29 is 14.6 Å². The number of carbonyl (C=O) groups is 1. The number of likely N-dealkylation sites (tertiary alicyclic amines) is 1. The monoisotopic (exact) mass is 364 g/mol. The normalized spacial score (nSPS) is 20.9. The minimum atomic E-state index is -1.03. The molecule has 1 saturated heterocycles. The fourth-order valence-electron chi connectivity index (χ4n) is 4.09. The Bertz CT molecular complexity index is 668. The highest BCUT2D eigenvalue weighted by Gasteiger charge is 2.48. The van der Waals surface area contributed by atoms with E-state index in [2.05, 4.69) is 5.10 Å². The molecule has 2 fully saturated rings. The number of nitrogen functional groups attached to an aromatic ring is 1. The number of hydrogen-bond acceptors (Lipinski definition) is 5. The highest BCUT2D eigenvalue weighted by atomic mass is 16.6. The van der Waals surface area contributed by atoms with Gasteiger partial charge >= 0.3 is 6.09 Å². The van der Waals surface area contributed by atoms with Crippen LogP contribution in [0.5, 0.6) is 0 Å². The molecule has 0 bridgehead atoms. The molecule has 2 aliphatic rings. The summed E-state index contributed by atoms with van der Waals surface area (Å²) in [5.74, 6) is 0. The van der Waals surface area contributed by atoms with E-state index in [0.29, 0.717) is 22.8 Å². The van der Waals surface area contributed by atoms with Crippen LogP contribution < -0.4 is 5.73 Å². The number of piperidine rings is 1. The Morgan fingerprint density at radius 3 is 2.31 bits per heavy atom. The molecule has 0 atom stereocenters. The molecule has 0 unspecified atom stereocenters. The Hall–Kier alpha value is -1.76. The Morgan fingerprint density at radius 2 is 1.85 bits per heavy atom. The van der Waals surface area contributed by atoms with Gasteiger partial charge in [-0.3, -0.25) is 4.68 Å². The Morgan fingerprint density at radius 1 is 1.27 bits per heavy atom. The van der Waals surface area contributed by atoms with Crippen molar-refractivity contribution in [1.29, 1.82) is 0 Å². The molecule has 26 heavy (non-hydrogen) atoms. The smallest absolute Gasteiger partial charge is 0.410 e. The zero-order chi connectivity index (χ0) is 19.3. The van der Waals surface area contributed by atoms with E-state index in [1.54, 1.807) is 13.8 Å². The van der Waals surface area contributed by atoms with Crippen molar-refractivity contribution in [3.8, 4) is 0 Å². The lowest BCUT2D eigenvalue weighted by atomic mass is 9.60. The van der Waals surface area contributed by atoms with Crippen LogP contribution in [0.15, 0.2) is 6.20 Å². The maximum Gasteiger partial charge on any atom is 0.410 e. The van der Waals surface area contributed by atoms with Gasteiger partial charge < -0.3 is 20.5 Å². The third-order valence-corrected chi connectivity index (χ3v) is 5.53. The van der Waals surface area contributed by atoms with E-state index < -0.39 is 11.2 Å². The quantitative estimate of drug-likeness (QED) is 0.841. The molecule has 1 aromatic heterocycles. The summed E-state index contributed by atoms with van der Waals surface area (Å²) in [6.07, 6.45) is 5.71. The van der Waals surface area contributed by atoms with E-state index in [4.69, 9.17) is 10.5 Å². The number of ether oxygens (including phenoxy) is 1. The Balaban J connectivity index is 1.55. The Kier molecular flexibility index (Phi) is 4.50. The topological polar surface area (TPSA) is 93.6 Å². The molecule has 1 aliphatic carbocycles. The van der Waals surface area contributed by atoms with E-state index >= 15 is 0 Å². The largest absolute Gasteiger partial charge is 0.444 e. The van der Waals surface area contributed by atoms with Gasteiger partial charge in [-0.1, -0.05) is 0 Å². The van der Waals surface area contributed by atoms with Gasteiger partial charge in [0.2, 0.25) is 0 Å². The van der Waals surface area contributed by atoms with Crippen LogP contribution in [0.3, 0.4) is 0 Å². The second kappa shape index (κ2) is 6.15. The van der Waals surface area contributed by atoms with Crippen molar-refractivity contribution in [3.63, 3.8) is 0 Å². The molecule has 7 heteroatoms. The van der Waals surface area contributed by atoms with E-state index in [0.717, 1.165) is 38.8 Å². The average Bonchev–Trinajstić information content (AvgIpc) is 2.85. The summed E-state index contributed by atoms with van der Waals surface area (Å²) >= 11 is 0. The molecular weight excluding hydrogens is 332 g/mol. The summed E-state index contributed by atoms with van der Waals surface area (Å²) in [5.41, 5.74) is 5.90. The Labute approximate surface area is 155 Å². The molecule has 1 amide bonds. The van der Waals surface area contributed by atoms with Crippen LogP contribution in [-0.4, -0.2) is 44.6 Å². The van der Waals surface area contributed by atoms with Crippen LogP contribution >= 0.6 is 0 Å². The maximum absolute atomic E-state index is 12.2. The van der Waals surface area contributed by atoms with Crippen LogP contribution in [0.1, 0.15) is 72.0 Å². The minimum Gasteiger partial charge on any atom is -0.444 e. The second-order valence-corrected chi connectivity index (χ2v) is 9.50. The summed E-state index contributed by atoms with van der Waals surface area (Å²) in [7, 11) is 0. The SMILES string of the molecule is CC(C)(C)OC(=O)N1CCC2(CC1)CC(n1cc(N)c(C(C)(C)O)n1)C2. The fourth-order valence-corrected chi connectivity index (χ4v) is 4.09. The van der Waals surface area contributed by atoms with Gasteiger partial charge in [0, 0.05) is 19.3 Å². The molecular formula is C19H32N4O3. The van der Waals surface area contributed by atoms with Crippen molar-refractivity contribution in [2.75, 3.05) is 18.8 Å². The first-order chi connectivity index (χ1) is 11.9. The molecule has 7 nitrogen and oxygen atoms in total. The standard InChI is InChI=1S/C19H32N4O3/c1-17(2,3)26-16(24)22-8-6-19(7-9-22)10-13(11-19)23-12-14(20)15(21-23)18(4,5)25/h12-13,25H,6-11,20H2,1-5H3. The molecule has 1 aliphatic heterocycles. The molecule has 0 aromatic carbocycles. The number of aromatic nitrogens is 2. The number of rotatable bonds is 2. The van der Waals surface area contributed by atoms with E-state index in [9.17, 15) is 9.90 Å². The highest BCUT2D eigenvalue weighted by Crippen LogP contribution is 2.54. The van der Waals surface area contributed by atoms with Gasteiger partial charge in [0.15, 0.2) is 0 Å². The van der Waals surface area contributed by atoms with Crippen LogP contribution in [0.4, 0.5) is 10.5 Å². The number of anilines is 1. The predicted octanol–water partition coefficient (Wildman–Crippen LogP) is 3.04. The number of nitrogens with zero attached hydrogens (tertiary/aromatic N) is 3. The van der Waals surface area contributed by atoms with Crippen molar-refractivity contribution in [2.45, 2.75) is 77.5 Å². The predicted molar refractivity (Wildman–Crippen MR) is 99.6 cm³/mol. The third kappa shape index (κ3) is 3.82. The molecule has 1 aromatic rings. The van der Waals surface area contributed by atoms with Gasteiger partial charge in [0.1, 0.15) is 16.9 Å². The van der Waals surface area contributed by atoms with Crippen LogP contribution in [0.25, 0.3) is 0 Å². The first-order valence-electron chi connectivity index (χ1n) is 9.44. The maximum atomic E-state index is 12.2. The molecule has 3 rings (SSSR count). The summed E-state index contributed by atoms with van der Waals surface area (Å²) in [6, 6.07) is 0.321. The number of carbonyl (C=O) groups excluding carboxylic acids is 1. The zero-order valence-electron chi connectivity index (χ0n) is 16.6. The van der Waals surface area contributed by atoms with Crippen molar-refractivity contribution in [1.82, 2.24) is 14.7 Å². The molecule has 1 saturated carbocycles. The second-order valence-electron chi connectivity index (χ2n) is 9.50. The molecule has 3 N–H and O–H groups in total. The lowest BCUT2D eigenvalue weighted by molar-refractivity contribution is -0.0262. The molecule has 0 radical (unpaired) electrons. The van der Waals surface area contributed by atoms with Gasteiger partial charge in [0.25, 0.3) is 0 Å². The summed E-state index contributed by atoms with van der Waals surface area (Å²) in [4.78, 5) is 14.0. The van der Waals surface area contributed by atoms with Gasteiger partial charge in [-0.25, -0.2) is 4.79 Å². The van der Waals surface area contributed by atoms with Gasteiger partial charge in [0.05, 0.1) is 11.7 Å².